The predicted molar refractivity (Wildman–Crippen MR) is 83.4 cm³/mol. The molecule has 0 atom stereocenters. The molecule has 1 aliphatic carbocycles. The van der Waals surface area contributed by atoms with Crippen LogP contribution in [0.3, 0.4) is 0 Å². The number of hydrogen-bond acceptors (Lipinski definition) is 3. The fraction of sp³-hybridized carbons (Fsp3) is 0.412. The monoisotopic (exact) mass is 300 g/mol. The highest BCUT2D eigenvalue weighted by Crippen LogP contribution is 2.18. The lowest BCUT2D eigenvalue weighted by molar-refractivity contribution is -0.122. The van der Waals surface area contributed by atoms with Gasteiger partial charge >= 0.3 is 5.76 Å². The first-order valence-corrected chi connectivity index (χ1v) is 7.77. The predicted octanol–water partition coefficient (Wildman–Crippen LogP) is 2.56. The molecule has 1 aromatic heterocycles. The smallest absolute Gasteiger partial charge is 0.408 e. The molecule has 0 aliphatic heterocycles. The lowest BCUT2D eigenvalue weighted by Gasteiger charge is -2.22. The Morgan fingerprint density at radius 2 is 1.91 bits per heavy atom. The number of nitrogens with zero attached hydrogens (tertiary/aromatic N) is 1. The van der Waals surface area contributed by atoms with E-state index >= 15 is 0 Å². The second-order valence-electron chi connectivity index (χ2n) is 5.76. The summed E-state index contributed by atoms with van der Waals surface area (Å²) in [6, 6.07) is 9.63. The fourth-order valence-corrected chi connectivity index (χ4v) is 2.89. The average Bonchev–Trinajstić information content (AvgIpc) is 2.90. The molecule has 5 heteroatoms. The van der Waals surface area contributed by atoms with Crippen LogP contribution in [0, 0.1) is 0 Å². The van der Waals surface area contributed by atoms with Crippen LogP contribution in [0.15, 0.2) is 45.7 Å². The van der Waals surface area contributed by atoms with Gasteiger partial charge in [-0.25, -0.2) is 4.79 Å². The van der Waals surface area contributed by atoms with E-state index in [-0.39, 0.29) is 18.5 Å². The number of oxazole rings is 1. The molecule has 1 saturated carbocycles. The molecule has 1 N–H and O–H groups in total. The number of aromatic nitrogens is 1. The first-order valence-electron chi connectivity index (χ1n) is 7.77. The van der Waals surface area contributed by atoms with Gasteiger partial charge in [-0.1, -0.05) is 49.6 Å². The number of amides is 1. The van der Waals surface area contributed by atoms with E-state index in [1.807, 2.05) is 30.3 Å². The van der Waals surface area contributed by atoms with Crippen molar-refractivity contribution < 1.29 is 9.21 Å². The van der Waals surface area contributed by atoms with Crippen LogP contribution >= 0.6 is 0 Å². The first kappa shape index (κ1) is 14.6. The van der Waals surface area contributed by atoms with E-state index in [0.717, 1.165) is 31.2 Å². The molecule has 2 aromatic rings. The molecule has 22 heavy (non-hydrogen) atoms. The topological polar surface area (TPSA) is 64.2 Å². The molecule has 0 saturated heterocycles. The molecule has 116 valence electrons. The van der Waals surface area contributed by atoms with Gasteiger partial charge in [0.05, 0.1) is 6.20 Å². The molecule has 0 unspecified atom stereocenters. The largest absolute Gasteiger partial charge is 0.419 e. The zero-order valence-electron chi connectivity index (χ0n) is 12.5. The summed E-state index contributed by atoms with van der Waals surface area (Å²) in [5.74, 6) is -0.150. The third-order valence-electron chi connectivity index (χ3n) is 4.05. The van der Waals surface area contributed by atoms with Gasteiger partial charge in [0.25, 0.3) is 0 Å². The highest BCUT2D eigenvalue weighted by atomic mass is 16.4. The molecule has 3 rings (SSSR count). The maximum Gasteiger partial charge on any atom is 0.419 e. The summed E-state index contributed by atoms with van der Waals surface area (Å²) in [6.07, 6.45) is 7.22. The van der Waals surface area contributed by atoms with E-state index in [1.165, 1.54) is 11.0 Å². The Hall–Kier alpha value is -2.30. The highest BCUT2D eigenvalue weighted by molar-refractivity contribution is 5.76. The Balaban J connectivity index is 1.66. The van der Waals surface area contributed by atoms with E-state index in [9.17, 15) is 9.59 Å². The van der Waals surface area contributed by atoms with E-state index < -0.39 is 5.76 Å². The third-order valence-corrected chi connectivity index (χ3v) is 4.05. The summed E-state index contributed by atoms with van der Waals surface area (Å²) >= 11 is 0. The highest BCUT2D eigenvalue weighted by Gasteiger charge is 2.17. The fourth-order valence-electron chi connectivity index (χ4n) is 2.89. The van der Waals surface area contributed by atoms with Crippen molar-refractivity contribution in [2.24, 2.45) is 0 Å². The van der Waals surface area contributed by atoms with Crippen LogP contribution in [0.4, 0.5) is 0 Å². The van der Waals surface area contributed by atoms with Crippen LogP contribution in [-0.4, -0.2) is 16.5 Å². The average molecular weight is 300 g/mol. The lowest BCUT2D eigenvalue weighted by atomic mass is 9.95. The van der Waals surface area contributed by atoms with Crippen molar-refractivity contribution in [2.45, 2.75) is 44.7 Å². The summed E-state index contributed by atoms with van der Waals surface area (Å²) in [5, 5.41) is 3.00. The first-order chi connectivity index (χ1) is 10.7. The Bertz CT molecular complexity index is 681. The van der Waals surface area contributed by atoms with E-state index in [0.29, 0.717) is 5.76 Å². The number of carbonyl (C=O) groups is 1. The maximum atomic E-state index is 12.1. The van der Waals surface area contributed by atoms with Crippen molar-refractivity contribution in [1.82, 2.24) is 9.88 Å². The minimum Gasteiger partial charge on any atom is -0.408 e. The van der Waals surface area contributed by atoms with Gasteiger partial charge in [-0.05, 0) is 12.8 Å². The summed E-state index contributed by atoms with van der Waals surface area (Å²) in [6.45, 7) is 0.00562. The van der Waals surface area contributed by atoms with Crippen molar-refractivity contribution in [3.63, 3.8) is 0 Å². The molecule has 5 nitrogen and oxygen atoms in total. The zero-order chi connectivity index (χ0) is 15.4. The van der Waals surface area contributed by atoms with Gasteiger partial charge < -0.3 is 9.73 Å². The minimum absolute atomic E-state index is 0.00562. The van der Waals surface area contributed by atoms with Gasteiger partial charge in [-0.2, -0.15) is 0 Å². The van der Waals surface area contributed by atoms with Crippen LogP contribution in [0.1, 0.15) is 32.1 Å². The molecular weight excluding hydrogens is 280 g/mol. The molecule has 1 aliphatic rings. The van der Waals surface area contributed by atoms with Crippen LogP contribution < -0.4 is 11.1 Å². The normalized spacial score (nSPS) is 15.6. The van der Waals surface area contributed by atoms with E-state index in [4.69, 9.17) is 4.42 Å². The number of rotatable bonds is 4. The summed E-state index contributed by atoms with van der Waals surface area (Å²) < 4.78 is 6.54. The molecular formula is C17H20N2O3. The maximum absolute atomic E-state index is 12.1. The van der Waals surface area contributed by atoms with E-state index in [2.05, 4.69) is 5.32 Å². The Morgan fingerprint density at radius 3 is 2.64 bits per heavy atom. The van der Waals surface area contributed by atoms with Crippen molar-refractivity contribution in [3.8, 4) is 11.3 Å². The van der Waals surface area contributed by atoms with Gasteiger partial charge in [0, 0.05) is 11.6 Å². The van der Waals surface area contributed by atoms with E-state index in [1.54, 1.807) is 6.20 Å². The second kappa shape index (κ2) is 6.64. The van der Waals surface area contributed by atoms with Crippen LogP contribution in [0.25, 0.3) is 11.3 Å². The Morgan fingerprint density at radius 1 is 1.18 bits per heavy atom. The van der Waals surface area contributed by atoms with Gasteiger partial charge in [-0.3, -0.25) is 9.36 Å². The number of hydrogen-bond donors (Lipinski definition) is 1. The standard InChI is InChI=1S/C17H20N2O3/c20-16(18-14-9-5-2-6-10-14)12-19-11-15(22-17(19)21)13-7-3-1-4-8-13/h1,3-4,7-8,11,14H,2,5-6,9-10,12H2,(H,18,20). The minimum atomic E-state index is -0.502. The molecule has 1 aromatic carbocycles. The molecule has 1 amide bonds. The van der Waals surface area contributed by atoms with Crippen LogP contribution in [-0.2, 0) is 11.3 Å². The van der Waals surface area contributed by atoms with Crippen LogP contribution in [0.5, 0.6) is 0 Å². The molecule has 1 heterocycles. The quantitative estimate of drug-likeness (QED) is 0.943. The number of benzene rings is 1. The summed E-state index contributed by atoms with van der Waals surface area (Å²) in [4.78, 5) is 23.9. The zero-order valence-corrected chi connectivity index (χ0v) is 12.5. The van der Waals surface area contributed by atoms with Crippen LogP contribution in [0.2, 0.25) is 0 Å². The Labute approximate surface area is 128 Å². The van der Waals surface area contributed by atoms with Gasteiger partial charge in [0.15, 0.2) is 5.76 Å². The number of carbonyl (C=O) groups excluding carboxylic acids is 1. The van der Waals surface area contributed by atoms with Gasteiger partial charge in [-0.15, -0.1) is 0 Å². The molecule has 1 fully saturated rings. The van der Waals surface area contributed by atoms with Gasteiger partial charge in [0.1, 0.15) is 6.54 Å². The lowest BCUT2D eigenvalue weighted by Crippen LogP contribution is -2.39. The van der Waals surface area contributed by atoms with Gasteiger partial charge in [0.2, 0.25) is 5.91 Å². The van der Waals surface area contributed by atoms with Crippen molar-refractivity contribution in [1.29, 1.82) is 0 Å². The van der Waals surface area contributed by atoms with Crippen molar-refractivity contribution >= 4 is 5.91 Å². The molecule has 0 bridgehead atoms. The SMILES string of the molecule is O=C(Cn1cc(-c2ccccc2)oc1=O)NC1CCCCC1. The summed E-state index contributed by atoms with van der Waals surface area (Å²) in [7, 11) is 0. The molecule has 0 spiro atoms. The van der Waals surface area contributed by atoms with Crippen molar-refractivity contribution in [2.75, 3.05) is 0 Å². The number of nitrogens with one attached hydrogen (secondary N) is 1. The molecule has 0 radical (unpaired) electrons. The Kier molecular flexibility index (Phi) is 4.42. The van der Waals surface area contributed by atoms with Crippen molar-refractivity contribution in [3.05, 3.63) is 47.1 Å². The third kappa shape index (κ3) is 3.47. The second-order valence-corrected chi connectivity index (χ2v) is 5.76. The summed E-state index contributed by atoms with van der Waals surface area (Å²) in [5.41, 5.74) is 0.825.